The van der Waals surface area contributed by atoms with Crippen molar-refractivity contribution in [1.82, 2.24) is 15.2 Å². The fourth-order valence-electron chi connectivity index (χ4n) is 4.18. The Bertz CT molecular complexity index is 1240. The van der Waals surface area contributed by atoms with E-state index < -0.39 is 18.2 Å². The Balaban J connectivity index is 1.58. The first kappa shape index (κ1) is 25.9. The predicted molar refractivity (Wildman–Crippen MR) is 141 cm³/mol. The quantitative estimate of drug-likeness (QED) is 0.437. The highest BCUT2D eigenvalue weighted by Crippen LogP contribution is 2.35. The Kier molecular flexibility index (Phi) is 8.18. The minimum absolute atomic E-state index is 0.245. The van der Waals surface area contributed by atoms with Crippen LogP contribution < -0.4 is 10.6 Å². The van der Waals surface area contributed by atoms with E-state index in [2.05, 4.69) is 29.5 Å². The van der Waals surface area contributed by atoms with Gasteiger partial charge in [0.15, 0.2) is 12.1 Å². The summed E-state index contributed by atoms with van der Waals surface area (Å²) in [6.07, 6.45) is 2.52. The van der Waals surface area contributed by atoms with Crippen molar-refractivity contribution in [2.45, 2.75) is 45.9 Å². The number of rotatable bonds is 9. The lowest BCUT2D eigenvalue weighted by atomic mass is 9.99. The van der Waals surface area contributed by atoms with Gasteiger partial charge in [-0.3, -0.25) is 19.5 Å². The Morgan fingerprint density at radius 2 is 1.86 bits per heavy atom. The van der Waals surface area contributed by atoms with Crippen LogP contribution in [0.25, 0.3) is 0 Å². The van der Waals surface area contributed by atoms with E-state index in [-0.39, 0.29) is 18.4 Å². The number of nitrogens with zero attached hydrogens (tertiary/aromatic N) is 2. The second-order valence-corrected chi connectivity index (χ2v) is 9.66. The van der Waals surface area contributed by atoms with Crippen molar-refractivity contribution in [1.29, 1.82) is 0 Å². The van der Waals surface area contributed by atoms with Crippen molar-refractivity contribution in [2.75, 3.05) is 11.9 Å². The van der Waals surface area contributed by atoms with E-state index in [0.717, 1.165) is 17.5 Å². The molecule has 8 nitrogen and oxygen atoms in total. The van der Waals surface area contributed by atoms with E-state index in [4.69, 9.17) is 4.74 Å². The third kappa shape index (κ3) is 6.52. The minimum Gasteiger partial charge on any atom is -0.438 e. The smallest absolute Gasteiger partial charge is 0.411 e. The summed E-state index contributed by atoms with van der Waals surface area (Å²) < 4.78 is 5.77. The molecule has 3 amide bonds. The molecule has 2 aromatic carbocycles. The van der Waals surface area contributed by atoms with Gasteiger partial charge < -0.3 is 15.4 Å². The van der Waals surface area contributed by atoms with Crippen molar-refractivity contribution in [3.05, 3.63) is 95.3 Å². The Labute approximate surface area is 217 Å². The number of anilines is 1. The van der Waals surface area contributed by atoms with Gasteiger partial charge in [0.1, 0.15) is 0 Å². The molecular formula is C29H32N4O4. The van der Waals surface area contributed by atoms with E-state index in [9.17, 15) is 14.4 Å². The van der Waals surface area contributed by atoms with Crippen LogP contribution in [-0.4, -0.2) is 40.4 Å². The molecule has 2 heterocycles. The van der Waals surface area contributed by atoms with Crippen LogP contribution in [-0.2, 0) is 16.1 Å². The molecule has 0 saturated carbocycles. The fourth-order valence-corrected chi connectivity index (χ4v) is 4.18. The van der Waals surface area contributed by atoms with Crippen LogP contribution in [0.15, 0.2) is 73.1 Å². The zero-order valence-corrected chi connectivity index (χ0v) is 21.3. The maximum atomic E-state index is 13.4. The van der Waals surface area contributed by atoms with Crippen LogP contribution in [0.1, 0.15) is 53.4 Å². The lowest BCUT2D eigenvalue weighted by Crippen LogP contribution is -2.46. The Morgan fingerprint density at radius 1 is 1.08 bits per heavy atom. The third-order valence-corrected chi connectivity index (χ3v) is 6.24. The molecule has 1 saturated heterocycles. The van der Waals surface area contributed by atoms with Gasteiger partial charge in [0.2, 0.25) is 5.91 Å². The van der Waals surface area contributed by atoms with E-state index in [1.54, 1.807) is 42.6 Å². The van der Waals surface area contributed by atoms with Crippen LogP contribution >= 0.6 is 0 Å². The number of nitrogens with one attached hydrogen (secondary N) is 2. The molecule has 0 aliphatic carbocycles. The average Bonchev–Trinajstić information content (AvgIpc) is 3.21. The largest absolute Gasteiger partial charge is 0.438 e. The molecule has 1 aliphatic heterocycles. The van der Waals surface area contributed by atoms with Gasteiger partial charge in [-0.05, 0) is 54.7 Å². The van der Waals surface area contributed by atoms with Gasteiger partial charge in [-0.2, -0.15) is 0 Å². The summed E-state index contributed by atoms with van der Waals surface area (Å²) in [5.41, 5.74) is 3.58. The van der Waals surface area contributed by atoms with Crippen molar-refractivity contribution in [2.24, 2.45) is 5.92 Å². The number of amides is 3. The maximum absolute atomic E-state index is 13.4. The molecule has 2 N–H and O–H groups in total. The van der Waals surface area contributed by atoms with E-state index >= 15 is 0 Å². The Morgan fingerprint density at radius 3 is 2.57 bits per heavy atom. The number of hydrogen-bond donors (Lipinski definition) is 2. The lowest BCUT2D eigenvalue weighted by molar-refractivity contribution is -0.126. The Hall–Kier alpha value is -4.20. The van der Waals surface area contributed by atoms with E-state index in [0.29, 0.717) is 29.3 Å². The fraction of sp³-hybridized carbons (Fsp3) is 0.310. The molecule has 1 fully saturated rings. The molecule has 0 spiro atoms. The molecule has 192 valence electrons. The van der Waals surface area contributed by atoms with Gasteiger partial charge in [0, 0.05) is 24.6 Å². The molecule has 8 heteroatoms. The molecule has 37 heavy (non-hydrogen) atoms. The maximum Gasteiger partial charge on any atom is 0.411 e. The summed E-state index contributed by atoms with van der Waals surface area (Å²) in [5.74, 6) is -0.146. The number of hydrogen-bond acceptors (Lipinski definition) is 5. The first-order valence-corrected chi connectivity index (χ1v) is 12.4. The van der Waals surface area contributed by atoms with Gasteiger partial charge in [0.25, 0.3) is 5.91 Å². The molecule has 1 aromatic heterocycles. The highest BCUT2D eigenvalue weighted by Gasteiger charge is 2.47. The second kappa shape index (κ2) is 11.7. The van der Waals surface area contributed by atoms with Crippen molar-refractivity contribution >= 4 is 23.6 Å². The normalized spacial score (nSPS) is 17.0. The predicted octanol–water partition coefficient (Wildman–Crippen LogP) is 4.87. The summed E-state index contributed by atoms with van der Waals surface area (Å²) in [5, 5.41) is 5.83. The van der Waals surface area contributed by atoms with Crippen LogP contribution in [0.3, 0.4) is 0 Å². The zero-order valence-electron chi connectivity index (χ0n) is 21.3. The van der Waals surface area contributed by atoms with Crippen LogP contribution in [0, 0.1) is 12.8 Å². The monoisotopic (exact) mass is 500 g/mol. The van der Waals surface area contributed by atoms with Gasteiger partial charge in [-0.1, -0.05) is 55.8 Å². The number of carbonyl (C=O) groups is 3. The van der Waals surface area contributed by atoms with Crippen molar-refractivity contribution in [3.8, 4) is 0 Å². The van der Waals surface area contributed by atoms with Crippen molar-refractivity contribution < 1.29 is 19.1 Å². The highest BCUT2D eigenvalue weighted by molar-refractivity contribution is 6.04. The molecule has 3 aromatic rings. The van der Waals surface area contributed by atoms with Crippen LogP contribution in [0.2, 0.25) is 0 Å². The van der Waals surface area contributed by atoms with Crippen LogP contribution in [0.5, 0.6) is 0 Å². The third-order valence-electron chi connectivity index (χ3n) is 6.24. The second-order valence-electron chi connectivity index (χ2n) is 9.66. The number of cyclic esters (lactones) is 1. The van der Waals surface area contributed by atoms with Gasteiger partial charge in [-0.15, -0.1) is 0 Å². The van der Waals surface area contributed by atoms with Gasteiger partial charge in [-0.25, -0.2) is 4.79 Å². The number of aromatic nitrogens is 1. The molecule has 2 unspecified atom stereocenters. The first-order valence-electron chi connectivity index (χ1n) is 12.4. The summed E-state index contributed by atoms with van der Waals surface area (Å²) in [4.78, 5) is 44.5. The van der Waals surface area contributed by atoms with E-state index in [1.807, 2.05) is 31.2 Å². The summed E-state index contributed by atoms with van der Waals surface area (Å²) in [7, 11) is 0. The van der Waals surface area contributed by atoms with Crippen LogP contribution in [0.4, 0.5) is 10.5 Å². The van der Waals surface area contributed by atoms with E-state index in [1.165, 1.54) is 11.1 Å². The number of benzene rings is 2. The lowest BCUT2D eigenvalue weighted by Gasteiger charge is -2.24. The minimum atomic E-state index is -0.856. The first-order chi connectivity index (χ1) is 17.8. The number of aryl methyl sites for hydroxylation is 1. The molecule has 0 radical (unpaired) electrons. The van der Waals surface area contributed by atoms with Gasteiger partial charge in [0.05, 0.1) is 12.1 Å². The summed E-state index contributed by atoms with van der Waals surface area (Å²) in [6.45, 7) is 6.93. The molecule has 4 rings (SSSR count). The number of pyridine rings is 1. The molecular weight excluding hydrogens is 468 g/mol. The standard InChI is InChI=1S/C29H32N4O4/c1-19(2)13-15-31-28(35)25-26(37-29(36)33(25)18-21-11-9-20(3)10-12-21)22-6-4-8-24(16-22)32-27(34)23-7-5-14-30-17-23/h4-12,14,16-17,19,25-26H,13,15,18H2,1-3H3,(H,31,35)(H,32,34). The average molecular weight is 501 g/mol. The van der Waals surface area contributed by atoms with Crippen molar-refractivity contribution in [3.63, 3.8) is 0 Å². The molecule has 2 atom stereocenters. The summed E-state index contributed by atoms with van der Waals surface area (Å²) in [6, 6.07) is 17.4. The topological polar surface area (TPSA) is 101 Å². The SMILES string of the molecule is Cc1ccc(CN2C(=O)OC(c3cccc(NC(=O)c4cccnc4)c3)C2C(=O)NCCC(C)C)cc1. The number of carbonyl (C=O) groups excluding carboxylic acids is 3. The summed E-state index contributed by atoms with van der Waals surface area (Å²) >= 11 is 0. The number of ether oxygens (including phenoxy) is 1. The zero-order chi connectivity index (χ0) is 26.4. The van der Waals surface area contributed by atoms with Gasteiger partial charge >= 0.3 is 6.09 Å². The molecule has 1 aliphatic rings. The molecule has 0 bridgehead atoms. The highest BCUT2D eigenvalue weighted by atomic mass is 16.6.